The molecule has 0 saturated carbocycles. The molecule has 0 bridgehead atoms. The lowest BCUT2D eigenvalue weighted by Crippen LogP contribution is -2.50. The van der Waals surface area contributed by atoms with Crippen molar-refractivity contribution in [2.45, 2.75) is 6.92 Å². The molecule has 98 valence electrons. The van der Waals surface area contributed by atoms with Crippen LogP contribution in [0.15, 0.2) is 10.8 Å². The molecule has 6 nitrogen and oxygen atoms in total. The van der Waals surface area contributed by atoms with Crippen LogP contribution in [0.1, 0.15) is 16.2 Å². The summed E-state index contributed by atoms with van der Waals surface area (Å²) >= 11 is 4.87. The van der Waals surface area contributed by atoms with E-state index in [0.29, 0.717) is 36.1 Å². The summed E-state index contributed by atoms with van der Waals surface area (Å²) in [5.74, 6) is 0.234. The minimum absolute atomic E-state index is 0.0972. The zero-order valence-corrected chi connectivity index (χ0v) is 11.1. The predicted molar refractivity (Wildman–Crippen MR) is 70.4 cm³/mol. The zero-order chi connectivity index (χ0) is 13.1. The second kappa shape index (κ2) is 5.45. The Morgan fingerprint density at radius 1 is 1.50 bits per heavy atom. The normalized spacial score (nSPS) is 16.8. The molecule has 0 spiro atoms. The first kappa shape index (κ1) is 13.0. The number of aromatic nitrogens is 1. The van der Waals surface area contributed by atoms with Crippen molar-refractivity contribution in [1.82, 2.24) is 14.8 Å². The second-order valence-corrected chi connectivity index (χ2v) is 4.83. The Morgan fingerprint density at radius 3 is 2.67 bits per heavy atom. The van der Waals surface area contributed by atoms with Gasteiger partial charge in [0.2, 0.25) is 5.76 Å². The minimum Gasteiger partial charge on any atom is -0.438 e. The lowest BCUT2D eigenvalue weighted by atomic mass is 10.2. The van der Waals surface area contributed by atoms with Gasteiger partial charge in [0.15, 0.2) is 6.39 Å². The van der Waals surface area contributed by atoms with Gasteiger partial charge in [-0.3, -0.25) is 9.69 Å². The number of piperazine rings is 1. The fourth-order valence-electron chi connectivity index (χ4n) is 1.98. The van der Waals surface area contributed by atoms with Gasteiger partial charge < -0.3 is 15.1 Å². The molecule has 0 unspecified atom stereocenters. The van der Waals surface area contributed by atoms with Gasteiger partial charge in [0.1, 0.15) is 0 Å². The number of hydrogen-bond donors (Lipinski definition) is 1. The maximum atomic E-state index is 12.1. The molecule has 2 rings (SSSR count). The summed E-state index contributed by atoms with van der Waals surface area (Å²) < 4.78 is 5.11. The van der Waals surface area contributed by atoms with Gasteiger partial charge >= 0.3 is 0 Å². The molecule has 1 fully saturated rings. The number of hydrogen-bond acceptors (Lipinski definition) is 5. The third-order valence-corrected chi connectivity index (χ3v) is 3.11. The maximum absolute atomic E-state index is 12.1. The van der Waals surface area contributed by atoms with Crippen molar-refractivity contribution in [3.63, 3.8) is 0 Å². The number of nitrogens with zero attached hydrogens (tertiary/aromatic N) is 3. The molecule has 2 N–H and O–H groups in total. The zero-order valence-electron chi connectivity index (χ0n) is 10.3. The van der Waals surface area contributed by atoms with Crippen LogP contribution in [-0.4, -0.2) is 58.4 Å². The van der Waals surface area contributed by atoms with E-state index in [2.05, 4.69) is 9.88 Å². The Morgan fingerprint density at radius 2 is 2.17 bits per heavy atom. The van der Waals surface area contributed by atoms with E-state index in [9.17, 15) is 4.79 Å². The Labute approximate surface area is 111 Å². The number of aryl methyl sites for hydroxylation is 1. The average Bonchev–Trinajstić information content (AvgIpc) is 2.75. The van der Waals surface area contributed by atoms with E-state index in [4.69, 9.17) is 22.4 Å². The Kier molecular flexibility index (Phi) is 3.93. The fraction of sp³-hybridized carbons (Fsp3) is 0.545. The standard InChI is InChI=1S/C11H16N4O2S/c1-8-10(17-7-13-8)11(16)15-4-2-14(3-5-15)6-9(12)18/h7H,2-6H2,1H3,(H2,12,18). The molecule has 1 amide bonds. The van der Waals surface area contributed by atoms with Gasteiger partial charge in [0, 0.05) is 32.7 Å². The molecule has 1 aliphatic rings. The molecule has 2 heterocycles. The van der Waals surface area contributed by atoms with E-state index < -0.39 is 0 Å². The molecule has 0 atom stereocenters. The van der Waals surface area contributed by atoms with Crippen LogP contribution in [0.3, 0.4) is 0 Å². The van der Waals surface area contributed by atoms with Crippen LogP contribution in [0.25, 0.3) is 0 Å². The van der Waals surface area contributed by atoms with Crippen molar-refractivity contribution < 1.29 is 9.21 Å². The highest BCUT2D eigenvalue weighted by Gasteiger charge is 2.25. The molecule has 7 heteroatoms. The van der Waals surface area contributed by atoms with E-state index in [0.717, 1.165) is 13.1 Å². The van der Waals surface area contributed by atoms with Crippen LogP contribution in [-0.2, 0) is 0 Å². The van der Waals surface area contributed by atoms with E-state index in [-0.39, 0.29) is 5.91 Å². The summed E-state index contributed by atoms with van der Waals surface area (Å²) in [5.41, 5.74) is 6.13. The Hall–Kier alpha value is -1.47. The van der Waals surface area contributed by atoms with E-state index >= 15 is 0 Å². The van der Waals surface area contributed by atoms with Gasteiger partial charge in [-0.15, -0.1) is 0 Å². The number of oxazole rings is 1. The van der Waals surface area contributed by atoms with Crippen LogP contribution in [0.2, 0.25) is 0 Å². The van der Waals surface area contributed by atoms with Gasteiger partial charge in [0.05, 0.1) is 10.7 Å². The molecule has 1 aliphatic heterocycles. The highest BCUT2D eigenvalue weighted by Crippen LogP contribution is 2.11. The molecular weight excluding hydrogens is 252 g/mol. The molecule has 0 aliphatic carbocycles. The summed E-state index contributed by atoms with van der Waals surface area (Å²) in [6.07, 6.45) is 1.30. The first-order valence-corrected chi connectivity index (χ1v) is 6.19. The molecule has 18 heavy (non-hydrogen) atoms. The monoisotopic (exact) mass is 268 g/mol. The number of carbonyl (C=O) groups is 1. The molecule has 0 aromatic carbocycles. The fourth-order valence-corrected chi connectivity index (χ4v) is 2.16. The second-order valence-electron chi connectivity index (χ2n) is 4.30. The minimum atomic E-state index is -0.0972. The first-order valence-electron chi connectivity index (χ1n) is 5.78. The lowest BCUT2D eigenvalue weighted by Gasteiger charge is -2.33. The van der Waals surface area contributed by atoms with Crippen LogP contribution >= 0.6 is 12.2 Å². The number of amides is 1. The topological polar surface area (TPSA) is 75.6 Å². The SMILES string of the molecule is Cc1ncoc1C(=O)N1CCN(CC(N)=S)CC1. The quantitative estimate of drug-likeness (QED) is 0.779. The van der Waals surface area contributed by atoms with Crippen LogP contribution in [0, 0.1) is 6.92 Å². The van der Waals surface area contributed by atoms with Crippen molar-refractivity contribution in [1.29, 1.82) is 0 Å². The van der Waals surface area contributed by atoms with Crippen LogP contribution in [0.5, 0.6) is 0 Å². The van der Waals surface area contributed by atoms with Gasteiger partial charge in [-0.05, 0) is 6.92 Å². The molecule has 1 aromatic heterocycles. The predicted octanol–water partition coefficient (Wildman–Crippen LogP) is 0.0269. The number of nitrogens with two attached hydrogens (primary N) is 1. The summed E-state index contributed by atoms with van der Waals surface area (Å²) in [6.45, 7) is 5.23. The van der Waals surface area contributed by atoms with Gasteiger partial charge in [-0.1, -0.05) is 12.2 Å². The van der Waals surface area contributed by atoms with Crippen molar-refractivity contribution in [3.05, 3.63) is 17.8 Å². The summed E-state index contributed by atoms with van der Waals surface area (Å²) in [4.78, 5) is 20.5. The largest absolute Gasteiger partial charge is 0.438 e. The highest BCUT2D eigenvalue weighted by atomic mass is 32.1. The third kappa shape index (κ3) is 2.85. The Bertz CT molecular complexity index is 452. The number of thiocarbonyl (C=S) groups is 1. The summed E-state index contributed by atoms with van der Waals surface area (Å²) in [6, 6.07) is 0. The van der Waals surface area contributed by atoms with Gasteiger partial charge in [0.25, 0.3) is 5.91 Å². The lowest BCUT2D eigenvalue weighted by molar-refractivity contribution is 0.0622. The first-order chi connectivity index (χ1) is 8.58. The number of rotatable bonds is 3. The van der Waals surface area contributed by atoms with Crippen molar-refractivity contribution in [2.75, 3.05) is 32.7 Å². The van der Waals surface area contributed by atoms with E-state index in [1.165, 1.54) is 6.39 Å². The average molecular weight is 268 g/mol. The van der Waals surface area contributed by atoms with Crippen LogP contribution in [0.4, 0.5) is 0 Å². The third-order valence-electron chi connectivity index (χ3n) is 2.98. The molecule has 0 radical (unpaired) electrons. The van der Waals surface area contributed by atoms with E-state index in [1.807, 2.05) is 0 Å². The molecule has 1 saturated heterocycles. The maximum Gasteiger partial charge on any atom is 0.291 e. The summed E-state index contributed by atoms with van der Waals surface area (Å²) in [5, 5.41) is 0. The number of carbonyl (C=O) groups excluding carboxylic acids is 1. The van der Waals surface area contributed by atoms with Crippen molar-refractivity contribution in [3.8, 4) is 0 Å². The smallest absolute Gasteiger partial charge is 0.291 e. The highest BCUT2D eigenvalue weighted by molar-refractivity contribution is 7.80. The van der Waals surface area contributed by atoms with E-state index in [1.54, 1.807) is 11.8 Å². The molecule has 1 aromatic rings. The van der Waals surface area contributed by atoms with Gasteiger partial charge in [-0.25, -0.2) is 4.98 Å². The summed E-state index contributed by atoms with van der Waals surface area (Å²) in [7, 11) is 0. The van der Waals surface area contributed by atoms with Crippen LogP contribution < -0.4 is 5.73 Å². The van der Waals surface area contributed by atoms with Crippen molar-refractivity contribution >= 4 is 23.1 Å². The Balaban J connectivity index is 1.92. The van der Waals surface area contributed by atoms with Gasteiger partial charge in [-0.2, -0.15) is 0 Å². The van der Waals surface area contributed by atoms with Crippen molar-refractivity contribution in [2.24, 2.45) is 5.73 Å². The molecular formula is C11H16N4O2S.